The van der Waals surface area contributed by atoms with Gasteiger partial charge in [0.15, 0.2) is 0 Å². The van der Waals surface area contributed by atoms with Crippen molar-refractivity contribution >= 4 is 17.5 Å². The molecule has 0 aromatic carbocycles. The molecule has 136 valence electrons. The van der Waals surface area contributed by atoms with Gasteiger partial charge in [-0.1, -0.05) is 6.92 Å². The van der Waals surface area contributed by atoms with Crippen LogP contribution in [0.15, 0.2) is 12.4 Å². The summed E-state index contributed by atoms with van der Waals surface area (Å²) in [6.07, 6.45) is 7.43. The Morgan fingerprint density at radius 3 is 2.48 bits per heavy atom. The first-order valence-corrected chi connectivity index (χ1v) is 9.81. The van der Waals surface area contributed by atoms with Gasteiger partial charge in [0.2, 0.25) is 5.91 Å². The van der Waals surface area contributed by atoms with Crippen molar-refractivity contribution in [3.8, 4) is 0 Å². The molecule has 3 heterocycles. The Balaban J connectivity index is 1.42. The number of hydrogen-bond donors (Lipinski definition) is 0. The summed E-state index contributed by atoms with van der Waals surface area (Å²) in [4.78, 5) is 28.1. The van der Waals surface area contributed by atoms with E-state index in [1.807, 2.05) is 0 Å². The molecule has 2 aliphatic heterocycles. The normalized spacial score (nSPS) is 25.0. The van der Waals surface area contributed by atoms with Crippen LogP contribution in [-0.4, -0.2) is 60.0 Å². The summed E-state index contributed by atoms with van der Waals surface area (Å²) < 4.78 is 0. The zero-order valence-corrected chi connectivity index (χ0v) is 15.2. The summed E-state index contributed by atoms with van der Waals surface area (Å²) in [6.45, 7) is 8.01. The molecule has 0 radical (unpaired) electrons. The third-order valence-electron chi connectivity index (χ3n) is 5.68. The van der Waals surface area contributed by atoms with E-state index in [0.717, 1.165) is 76.1 Å². The lowest BCUT2D eigenvalue weighted by Gasteiger charge is -2.32. The van der Waals surface area contributed by atoms with Crippen molar-refractivity contribution in [3.63, 3.8) is 0 Å². The minimum Gasteiger partial charge on any atom is -0.356 e. The van der Waals surface area contributed by atoms with Gasteiger partial charge >= 0.3 is 0 Å². The van der Waals surface area contributed by atoms with Gasteiger partial charge < -0.3 is 14.7 Å². The Kier molecular flexibility index (Phi) is 4.77. The van der Waals surface area contributed by atoms with Crippen LogP contribution in [0.1, 0.15) is 39.0 Å². The van der Waals surface area contributed by atoms with E-state index in [-0.39, 0.29) is 0 Å². The summed E-state index contributed by atoms with van der Waals surface area (Å²) in [5, 5.41) is 0. The van der Waals surface area contributed by atoms with Crippen LogP contribution in [0, 0.1) is 11.8 Å². The van der Waals surface area contributed by atoms with Gasteiger partial charge in [0.05, 0.1) is 0 Å². The average Bonchev–Trinajstić information content (AvgIpc) is 3.48. The molecule has 0 spiro atoms. The molecule has 6 nitrogen and oxygen atoms in total. The second-order valence-electron chi connectivity index (χ2n) is 7.87. The first-order chi connectivity index (χ1) is 12.2. The van der Waals surface area contributed by atoms with Crippen molar-refractivity contribution in [2.45, 2.75) is 39.0 Å². The van der Waals surface area contributed by atoms with E-state index in [0.29, 0.717) is 11.8 Å². The Morgan fingerprint density at radius 2 is 1.72 bits per heavy atom. The SMILES string of the molecule is CC1CCCN(c2cc(N3CCCN(C(=O)C4CC4)CC3)ncn2)C1. The molecule has 0 N–H and O–H groups in total. The Morgan fingerprint density at radius 1 is 0.960 bits per heavy atom. The molecule has 0 bridgehead atoms. The van der Waals surface area contributed by atoms with Crippen LogP contribution in [0.3, 0.4) is 0 Å². The maximum absolute atomic E-state index is 12.3. The molecule has 1 amide bonds. The first-order valence-electron chi connectivity index (χ1n) is 9.81. The molecule has 3 aliphatic rings. The number of anilines is 2. The second kappa shape index (κ2) is 7.18. The van der Waals surface area contributed by atoms with Crippen molar-refractivity contribution < 1.29 is 4.79 Å². The molecule has 2 saturated heterocycles. The van der Waals surface area contributed by atoms with Crippen molar-refractivity contribution in [1.29, 1.82) is 0 Å². The quantitative estimate of drug-likeness (QED) is 0.842. The van der Waals surface area contributed by atoms with Crippen LogP contribution in [0.4, 0.5) is 11.6 Å². The van der Waals surface area contributed by atoms with E-state index in [4.69, 9.17) is 0 Å². The standard InChI is InChI=1S/C19H29N5O/c1-15-4-2-7-24(13-15)18-12-17(20-14-21-18)22-8-3-9-23(11-10-22)19(25)16-5-6-16/h12,14-16H,2-11,13H2,1H3. The maximum Gasteiger partial charge on any atom is 0.225 e. The van der Waals surface area contributed by atoms with Crippen LogP contribution < -0.4 is 9.80 Å². The lowest BCUT2D eigenvalue weighted by Crippen LogP contribution is -2.36. The molecule has 4 rings (SSSR count). The van der Waals surface area contributed by atoms with Crippen LogP contribution in [0.2, 0.25) is 0 Å². The van der Waals surface area contributed by atoms with E-state index in [9.17, 15) is 4.79 Å². The molecule has 1 aromatic rings. The molecular weight excluding hydrogens is 314 g/mol. The molecule has 1 saturated carbocycles. The fourth-order valence-corrected chi connectivity index (χ4v) is 4.04. The van der Waals surface area contributed by atoms with Crippen molar-refractivity contribution in [2.75, 3.05) is 49.1 Å². The largest absolute Gasteiger partial charge is 0.356 e. The van der Waals surface area contributed by atoms with E-state index in [2.05, 4.69) is 37.7 Å². The van der Waals surface area contributed by atoms with Gasteiger partial charge in [0.1, 0.15) is 18.0 Å². The number of amides is 1. The van der Waals surface area contributed by atoms with Crippen molar-refractivity contribution in [3.05, 3.63) is 12.4 Å². The van der Waals surface area contributed by atoms with Crippen LogP contribution >= 0.6 is 0 Å². The highest BCUT2D eigenvalue weighted by atomic mass is 16.2. The third kappa shape index (κ3) is 3.88. The lowest BCUT2D eigenvalue weighted by atomic mass is 10.0. The van der Waals surface area contributed by atoms with E-state index >= 15 is 0 Å². The summed E-state index contributed by atoms with van der Waals surface area (Å²) in [7, 11) is 0. The number of piperidine rings is 1. The van der Waals surface area contributed by atoms with Gasteiger partial charge in [-0.3, -0.25) is 4.79 Å². The molecular formula is C19H29N5O. The number of carbonyl (C=O) groups is 1. The summed E-state index contributed by atoms with van der Waals surface area (Å²) in [5.74, 6) is 3.47. The number of carbonyl (C=O) groups excluding carboxylic acids is 1. The summed E-state index contributed by atoms with van der Waals surface area (Å²) in [5.41, 5.74) is 0. The molecule has 1 aromatic heterocycles. The smallest absolute Gasteiger partial charge is 0.225 e. The maximum atomic E-state index is 12.3. The van der Waals surface area contributed by atoms with Crippen molar-refractivity contribution in [2.24, 2.45) is 11.8 Å². The predicted octanol–water partition coefficient (Wildman–Crippen LogP) is 2.16. The van der Waals surface area contributed by atoms with Crippen LogP contribution in [0.5, 0.6) is 0 Å². The molecule has 25 heavy (non-hydrogen) atoms. The van der Waals surface area contributed by atoms with Gasteiger partial charge in [-0.05, 0) is 38.0 Å². The number of rotatable bonds is 3. The highest BCUT2D eigenvalue weighted by Gasteiger charge is 2.34. The van der Waals surface area contributed by atoms with Gasteiger partial charge in [0, 0.05) is 51.3 Å². The summed E-state index contributed by atoms with van der Waals surface area (Å²) >= 11 is 0. The predicted molar refractivity (Wildman–Crippen MR) is 98.8 cm³/mol. The lowest BCUT2D eigenvalue weighted by molar-refractivity contribution is -0.132. The zero-order valence-electron chi connectivity index (χ0n) is 15.2. The van der Waals surface area contributed by atoms with E-state index < -0.39 is 0 Å². The molecule has 1 unspecified atom stereocenters. The number of aromatic nitrogens is 2. The van der Waals surface area contributed by atoms with Gasteiger partial charge in [-0.2, -0.15) is 0 Å². The second-order valence-corrected chi connectivity index (χ2v) is 7.87. The highest BCUT2D eigenvalue weighted by molar-refractivity contribution is 5.81. The minimum atomic E-state index is 0.318. The molecule has 3 fully saturated rings. The van der Waals surface area contributed by atoms with Gasteiger partial charge in [-0.25, -0.2) is 9.97 Å². The summed E-state index contributed by atoms with van der Waals surface area (Å²) in [6, 6.07) is 2.14. The van der Waals surface area contributed by atoms with Gasteiger partial charge in [0.25, 0.3) is 0 Å². The van der Waals surface area contributed by atoms with E-state index in [1.54, 1.807) is 6.33 Å². The average molecular weight is 343 g/mol. The first kappa shape index (κ1) is 16.6. The minimum absolute atomic E-state index is 0.318. The zero-order chi connectivity index (χ0) is 17.2. The van der Waals surface area contributed by atoms with Crippen LogP contribution in [0.25, 0.3) is 0 Å². The molecule has 1 aliphatic carbocycles. The Labute approximate surface area is 150 Å². The third-order valence-corrected chi connectivity index (χ3v) is 5.68. The van der Waals surface area contributed by atoms with Gasteiger partial charge in [-0.15, -0.1) is 0 Å². The molecule has 1 atom stereocenters. The topological polar surface area (TPSA) is 52.6 Å². The monoisotopic (exact) mass is 343 g/mol. The Hall–Kier alpha value is -1.85. The highest BCUT2D eigenvalue weighted by Crippen LogP contribution is 2.31. The fraction of sp³-hybridized carbons (Fsp3) is 0.737. The molecule has 6 heteroatoms. The van der Waals surface area contributed by atoms with E-state index in [1.165, 1.54) is 12.8 Å². The number of nitrogens with zero attached hydrogens (tertiary/aromatic N) is 5. The fourth-order valence-electron chi connectivity index (χ4n) is 4.04. The number of hydrogen-bond acceptors (Lipinski definition) is 5. The van der Waals surface area contributed by atoms with Crippen molar-refractivity contribution in [1.82, 2.24) is 14.9 Å². The van der Waals surface area contributed by atoms with Crippen LogP contribution in [-0.2, 0) is 4.79 Å². The Bertz CT molecular complexity index is 618.